The van der Waals surface area contributed by atoms with Crippen molar-refractivity contribution in [3.05, 3.63) is 83.9 Å². The minimum absolute atomic E-state index is 0.187. The van der Waals surface area contributed by atoms with Gasteiger partial charge in [-0.1, -0.05) is 36.4 Å². The minimum Gasteiger partial charge on any atom is -0.478 e. The lowest BCUT2D eigenvalue weighted by Gasteiger charge is -2.29. The van der Waals surface area contributed by atoms with E-state index >= 15 is 0 Å². The Bertz CT molecular complexity index is 1740. The number of aromatic carboxylic acids is 1. The van der Waals surface area contributed by atoms with Crippen LogP contribution in [0.2, 0.25) is 0 Å². The normalized spacial score (nSPS) is 16.6. The van der Waals surface area contributed by atoms with Gasteiger partial charge in [0.1, 0.15) is 11.6 Å². The highest BCUT2D eigenvalue weighted by molar-refractivity contribution is 5.98. The summed E-state index contributed by atoms with van der Waals surface area (Å²) in [5.41, 5.74) is 3.30. The SMILES string of the molecule is CC(C)(C)OC(=O)NC[C@H]1CC[C@H](C(=O)N[C@@H](Cc2ccc(-c3cccc(C(=O)O)c3)cc2)C(=O)Nc2ccc(-c3nn[nH]n3)cc2)CC1. The van der Waals surface area contributed by atoms with Crippen LogP contribution in [0.1, 0.15) is 62.4 Å². The van der Waals surface area contributed by atoms with Gasteiger partial charge in [0.2, 0.25) is 17.6 Å². The molecule has 13 nitrogen and oxygen atoms in total. The number of rotatable bonds is 11. The number of alkyl carbamates (subject to hydrolysis) is 1. The molecule has 1 atom stereocenters. The summed E-state index contributed by atoms with van der Waals surface area (Å²) in [5, 5.41) is 32.1. The quantitative estimate of drug-likeness (QED) is 0.143. The van der Waals surface area contributed by atoms with Crippen molar-refractivity contribution in [2.75, 3.05) is 11.9 Å². The molecule has 0 aliphatic heterocycles. The monoisotopic (exact) mass is 667 g/mol. The van der Waals surface area contributed by atoms with Crippen molar-refractivity contribution in [3.8, 4) is 22.5 Å². The number of amides is 3. The Morgan fingerprint density at radius 3 is 2.24 bits per heavy atom. The number of anilines is 1. The maximum Gasteiger partial charge on any atom is 0.407 e. The molecule has 49 heavy (non-hydrogen) atoms. The van der Waals surface area contributed by atoms with Gasteiger partial charge in [-0.15, -0.1) is 10.2 Å². The maximum absolute atomic E-state index is 13.7. The van der Waals surface area contributed by atoms with Gasteiger partial charge in [0.15, 0.2) is 0 Å². The first-order valence-electron chi connectivity index (χ1n) is 16.3. The maximum atomic E-state index is 13.7. The number of carbonyl (C=O) groups is 4. The molecule has 1 heterocycles. The van der Waals surface area contributed by atoms with Crippen molar-refractivity contribution in [2.24, 2.45) is 11.8 Å². The number of nitrogens with zero attached hydrogens (tertiary/aromatic N) is 3. The number of H-pyrrole nitrogens is 1. The second-order valence-corrected chi connectivity index (χ2v) is 13.3. The Morgan fingerprint density at radius 2 is 1.61 bits per heavy atom. The number of nitrogens with one attached hydrogen (secondary N) is 4. The summed E-state index contributed by atoms with van der Waals surface area (Å²) in [4.78, 5) is 50.7. The number of hydrogen-bond donors (Lipinski definition) is 5. The molecule has 0 bridgehead atoms. The van der Waals surface area contributed by atoms with E-state index in [4.69, 9.17) is 4.74 Å². The van der Waals surface area contributed by atoms with Gasteiger partial charge in [0.05, 0.1) is 5.56 Å². The van der Waals surface area contributed by atoms with Crippen LogP contribution in [-0.4, -0.2) is 67.8 Å². The lowest BCUT2D eigenvalue weighted by Crippen LogP contribution is -2.48. The van der Waals surface area contributed by atoms with Gasteiger partial charge in [-0.25, -0.2) is 9.59 Å². The van der Waals surface area contributed by atoms with E-state index in [9.17, 15) is 24.3 Å². The molecule has 0 saturated heterocycles. The van der Waals surface area contributed by atoms with E-state index in [0.717, 1.165) is 35.1 Å². The van der Waals surface area contributed by atoms with E-state index in [2.05, 4.69) is 36.6 Å². The lowest BCUT2D eigenvalue weighted by atomic mass is 9.81. The molecule has 3 aromatic carbocycles. The molecule has 1 aromatic heterocycles. The van der Waals surface area contributed by atoms with Crippen LogP contribution < -0.4 is 16.0 Å². The fourth-order valence-corrected chi connectivity index (χ4v) is 5.79. The summed E-state index contributed by atoms with van der Waals surface area (Å²) in [6.07, 6.45) is 2.60. The molecule has 5 N–H and O–H groups in total. The largest absolute Gasteiger partial charge is 0.478 e. The van der Waals surface area contributed by atoms with E-state index < -0.39 is 23.7 Å². The molecule has 0 radical (unpaired) electrons. The molecule has 0 unspecified atom stereocenters. The van der Waals surface area contributed by atoms with E-state index in [1.165, 1.54) is 6.07 Å². The topological polar surface area (TPSA) is 188 Å². The average Bonchev–Trinajstić information content (AvgIpc) is 3.62. The lowest BCUT2D eigenvalue weighted by molar-refractivity contribution is -0.130. The minimum atomic E-state index is -1.00. The van der Waals surface area contributed by atoms with Crippen LogP contribution in [0.25, 0.3) is 22.5 Å². The Kier molecular flexibility index (Phi) is 11.0. The van der Waals surface area contributed by atoms with Crippen molar-refractivity contribution in [3.63, 3.8) is 0 Å². The first-order valence-corrected chi connectivity index (χ1v) is 16.3. The molecule has 0 spiro atoms. The summed E-state index contributed by atoms with van der Waals surface area (Å²) >= 11 is 0. The number of hydrogen-bond acceptors (Lipinski definition) is 8. The van der Waals surface area contributed by atoms with Crippen LogP contribution in [-0.2, 0) is 20.7 Å². The van der Waals surface area contributed by atoms with Gasteiger partial charge in [0.25, 0.3) is 0 Å². The van der Waals surface area contributed by atoms with Crippen molar-refractivity contribution >= 4 is 29.6 Å². The summed E-state index contributed by atoms with van der Waals surface area (Å²) in [6, 6.07) is 20.3. The first kappa shape index (κ1) is 34.7. The Morgan fingerprint density at radius 1 is 0.918 bits per heavy atom. The summed E-state index contributed by atoms with van der Waals surface area (Å²) in [6.45, 7) is 5.93. The molecule has 1 aliphatic rings. The van der Waals surface area contributed by atoms with Gasteiger partial charge < -0.3 is 25.8 Å². The molecule has 1 fully saturated rings. The standard InChI is InChI=1S/C36H41N7O6/c1-36(2,3)49-35(48)37-21-23-9-13-26(14-10-23)32(44)39-30(33(45)38-29-17-15-25(16-18-29)31-40-42-43-41-31)19-22-7-11-24(12-8-22)27-5-4-6-28(20-27)34(46)47/h4-8,11-12,15-18,20,23,26,30H,9-10,13-14,19,21H2,1-3H3,(H,37,48)(H,38,45)(H,39,44)(H,46,47)(H,40,41,42,43)/t23-,26-,30-/m0/s1. The van der Waals surface area contributed by atoms with Crippen LogP contribution in [0.5, 0.6) is 0 Å². The van der Waals surface area contributed by atoms with Gasteiger partial charge in [-0.2, -0.15) is 5.21 Å². The van der Waals surface area contributed by atoms with Gasteiger partial charge in [0, 0.05) is 30.1 Å². The third kappa shape index (κ3) is 9.95. The second kappa shape index (κ2) is 15.5. The highest BCUT2D eigenvalue weighted by atomic mass is 16.6. The highest BCUT2D eigenvalue weighted by Gasteiger charge is 2.30. The number of benzene rings is 3. The number of carboxylic acids is 1. The number of aromatic nitrogens is 4. The molecule has 5 rings (SSSR count). The van der Waals surface area contributed by atoms with Crippen LogP contribution in [0.15, 0.2) is 72.8 Å². The Hall–Kier alpha value is -5.59. The summed E-state index contributed by atoms with van der Waals surface area (Å²) < 4.78 is 5.33. The number of tetrazole rings is 1. The predicted octanol–water partition coefficient (Wildman–Crippen LogP) is 5.23. The zero-order valence-electron chi connectivity index (χ0n) is 27.7. The summed E-state index contributed by atoms with van der Waals surface area (Å²) in [7, 11) is 0. The zero-order chi connectivity index (χ0) is 35.0. The summed E-state index contributed by atoms with van der Waals surface area (Å²) in [5.74, 6) is -1.15. The second-order valence-electron chi connectivity index (χ2n) is 13.3. The van der Waals surface area contributed by atoms with Crippen LogP contribution in [0.3, 0.4) is 0 Å². The van der Waals surface area contributed by atoms with Crippen molar-refractivity contribution < 1.29 is 29.0 Å². The van der Waals surface area contributed by atoms with Crippen molar-refractivity contribution in [2.45, 2.75) is 64.5 Å². The average molecular weight is 668 g/mol. The third-order valence-corrected chi connectivity index (χ3v) is 8.38. The first-order chi connectivity index (χ1) is 23.4. The molecule has 4 aromatic rings. The molecule has 1 saturated carbocycles. The molecule has 1 aliphatic carbocycles. The third-order valence-electron chi connectivity index (χ3n) is 8.38. The van der Waals surface area contributed by atoms with Gasteiger partial charge in [-0.05, 0) is 111 Å². The van der Waals surface area contributed by atoms with Crippen LogP contribution >= 0.6 is 0 Å². The number of aromatic amines is 1. The van der Waals surface area contributed by atoms with Crippen molar-refractivity contribution in [1.82, 2.24) is 31.3 Å². The van der Waals surface area contributed by atoms with E-state index in [-0.39, 0.29) is 35.6 Å². The van der Waals surface area contributed by atoms with E-state index in [0.29, 0.717) is 30.9 Å². The van der Waals surface area contributed by atoms with Gasteiger partial charge >= 0.3 is 12.1 Å². The molecule has 3 amide bonds. The zero-order valence-corrected chi connectivity index (χ0v) is 27.7. The number of carbonyl (C=O) groups excluding carboxylic acids is 3. The van der Waals surface area contributed by atoms with Gasteiger partial charge in [-0.3, -0.25) is 9.59 Å². The van der Waals surface area contributed by atoms with E-state index in [1.54, 1.807) is 36.4 Å². The predicted molar refractivity (Wildman–Crippen MR) is 182 cm³/mol. The van der Waals surface area contributed by atoms with Crippen molar-refractivity contribution in [1.29, 1.82) is 0 Å². The number of ether oxygens (including phenoxy) is 1. The van der Waals surface area contributed by atoms with Crippen LogP contribution in [0.4, 0.5) is 10.5 Å². The molecular formula is C36H41N7O6. The van der Waals surface area contributed by atoms with Crippen LogP contribution in [0, 0.1) is 11.8 Å². The molecule has 13 heteroatoms. The molecule has 256 valence electrons. The number of carboxylic acid groups (broad SMARTS) is 1. The Labute approximate surface area is 284 Å². The highest BCUT2D eigenvalue weighted by Crippen LogP contribution is 2.29. The Balaban J connectivity index is 1.24. The fraction of sp³-hybridized carbons (Fsp3) is 0.361. The fourth-order valence-electron chi connectivity index (χ4n) is 5.79. The van der Waals surface area contributed by atoms with E-state index in [1.807, 2.05) is 51.1 Å². The smallest absolute Gasteiger partial charge is 0.407 e. The molecular weight excluding hydrogens is 626 g/mol.